The summed E-state index contributed by atoms with van der Waals surface area (Å²) in [5.74, 6) is -0.426. The van der Waals surface area contributed by atoms with E-state index in [1.54, 1.807) is 19.1 Å². The lowest BCUT2D eigenvalue weighted by Gasteiger charge is -2.19. The van der Waals surface area contributed by atoms with Crippen molar-refractivity contribution in [1.29, 1.82) is 10.7 Å². The Hall–Kier alpha value is -3.72. The van der Waals surface area contributed by atoms with E-state index in [2.05, 4.69) is 31.2 Å². The Kier molecular flexibility index (Phi) is 5.33. The number of anilines is 1. The number of benzene rings is 2. The highest BCUT2D eigenvalue weighted by molar-refractivity contribution is 6.04. The van der Waals surface area contributed by atoms with Crippen molar-refractivity contribution in [3.8, 4) is 11.8 Å². The van der Waals surface area contributed by atoms with E-state index in [0.29, 0.717) is 16.9 Å². The Labute approximate surface area is 170 Å². The Morgan fingerprint density at radius 3 is 2.28 bits per heavy atom. The van der Waals surface area contributed by atoms with E-state index in [1.165, 1.54) is 4.68 Å². The van der Waals surface area contributed by atoms with Crippen LogP contribution in [-0.4, -0.2) is 15.7 Å². The normalized spacial score (nSPS) is 11.0. The quantitative estimate of drug-likeness (QED) is 0.711. The van der Waals surface area contributed by atoms with E-state index in [4.69, 9.17) is 5.41 Å². The number of amides is 1. The van der Waals surface area contributed by atoms with E-state index in [9.17, 15) is 10.1 Å². The zero-order valence-corrected chi connectivity index (χ0v) is 16.9. The Morgan fingerprint density at radius 2 is 1.72 bits per heavy atom. The first kappa shape index (κ1) is 20.0. The Morgan fingerprint density at radius 1 is 1.10 bits per heavy atom. The van der Waals surface area contributed by atoms with Crippen molar-refractivity contribution in [2.45, 2.75) is 33.1 Å². The predicted molar refractivity (Wildman–Crippen MR) is 112 cm³/mol. The molecular weight excluding hydrogens is 362 g/mol. The number of nitrogens with zero attached hydrogens (tertiary/aromatic N) is 3. The Balaban J connectivity index is 2.09. The van der Waals surface area contributed by atoms with E-state index in [-0.39, 0.29) is 22.2 Å². The Bertz CT molecular complexity index is 1150. The predicted octanol–water partition coefficient (Wildman–Crippen LogP) is 4.08. The van der Waals surface area contributed by atoms with Crippen molar-refractivity contribution in [2.75, 3.05) is 5.32 Å². The molecule has 0 aliphatic carbocycles. The molecule has 6 nitrogen and oxygen atoms in total. The molecule has 0 unspecified atom stereocenters. The van der Waals surface area contributed by atoms with Crippen LogP contribution in [0.25, 0.3) is 5.69 Å². The van der Waals surface area contributed by atoms with Crippen LogP contribution < -0.4 is 10.8 Å². The summed E-state index contributed by atoms with van der Waals surface area (Å²) in [6, 6.07) is 18.7. The van der Waals surface area contributed by atoms with Crippen molar-refractivity contribution >= 4 is 11.6 Å². The van der Waals surface area contributed by atoms with Crippen LogP contribution in [0.3, 0.4) is 0 Å². The first-order chi connectivity index (χ1) is 13.7. The molecule has 1 amide bonds. The van der Waals surface area contributed by atoms with Gasteiger partial charge in [0.15, 0.2) is 11.2 Å². The first-order valence-corrected chi connectivity index (χ1v) is 9.28. The van der Waals surface area contributed by atoms with Crippen molar-refractivity contribution in [3.05, 3.63) is 82.5 Å². The van der Waals surface area contributed by atoms with Crippen LogP contribution in [0.2, 0.25) is 0 Å². The van der Waals surface area contributed by atoms with Crippen molar-refractivity contribution in [3.63, 3.8) is 0 Å². The zero-order chi connectivity index (χ0) is 21.2. The maximum absolute atomic E-state index is 12.8. The van der Waals surface area contributed by atoms with Gasteiger partial charge in [-0.15, -0.1) is 0 Å². The summed E-state index contributed by atoms with van der Waals surface area (Å²) >= 11 is 0. The van der Waals surface area contributed by atoms with E-state index >= 15 is 0 Å². The van der Waals surface area contributed by atoms with Crippen molar-refractivity contribution in [1.82, 2.24) is 9.78 Å². The smallest absolute Gasteiger partial charge is 0.276 e. The number of hydrogen-bond donors (Lipinski definition) is 2. The van der Waals surface area contributed by atoms with E-state index in [0.717, 1.165) is 5.56 Å². The molecule has 0 saturated heterocycles. The van der Waals surface area contributed by atoms with Gasteiger partial charge in [-0.2, -0.15) is 10.4 Å². The first-order valence-electron chi connectivity index (χ1n) is 9.28. The summed E-state index contributed by atoms with van der Waals surface area (Å²) in [6.07, 6.45) is 0. The minimum Gasteiger partial charge on any atom is -0.321 e. The zero-order valence-electron chi connectivity index (χ0n) is 16.9. The number of aromatic nitrogens is 2. The molecule has 0 fully saturated rings. The molecule has 0 atom stereocenters. The fourth-order valence-electron chi connectivity index (χ4n) is 2.98. The van der Waals surface area contributed by atoms with Gasteiger partial charge in [-0.25, -0.2) is 4.68 Å². The topological polar surface area (TPSA) is 94.6 Å². The summed E-state index contributed by atoms with van der Waals surface area (Å²) in [5.41, 5.74) is 2.95. The minimum atomic E-state index is -0.426. The molecule has 1 heterocycles. The van der Waals surface area contributed by atoms with Gasteiger partial charge < -0.3 is 5.32 Å². The molecule has 0 spiro atoms. The SMILES string of the molecule is Cc1c(C(=O)Nc2ccccc2)nn(-c2ccc(C(C)(C)C)cc2)c(=N)c1C#N. The third kappa shape index (κ3) is 4.09. The highest BCUT2D eigenvalue weighted by Gasteiger charge is 2.19. The maximum atomic E-state index is 12.8. The molecule has 0 aliphatic heterocycles. The highest BCUT2D eigenvalue weighted by atomic mass is 16.1. The van der Waals surface area contributed by atoms with Crippen LogP contribution in [0.15, 0.2) is 54.6 Å². The lowest BCUT2D eigenvalue weighted by Crippen LogP contribution is -2.30. The molecule has 0 aliphatic rings. The number of rotatable bonds is 3. The van der Waals surface area contributed by atoms with Crippen LogP contribution in [0.4, 0.5) is 5.69 Å². The summed E-state index contributed by atoms with van der Waals surface area (Å²) in [6.45, 7) is 8.00. The summed E-state index contributed by atoms with van der Waals surface area (Å²) in [7, 11) is 0. The van der Waals surface area contributed by atoms with Gasteiger partial charge in [-0.05, 0) is 42.2 Å². The average molecular weight is 385 g/mol. The number of para-hydroxylation sites is 1. The maximum Gasteiger partial charge on any atom is 0.276 e. The van der Waals surface area contributed by atoms with Crippen molar-refractivity contribution in [2.24, 2.45) is 0 Å². The number of carbonyl (C=O) groups is 1. The second-order valence-corrected chi connectivity index (χ2v) is 7.84. The largest absolute Gasteiger partial charge is 0.321 e. The van der Waals surface area contributed by atoms with Crippen LogP contribution in [0.5, 0.6) is 0 Å². The summed E-state index contributed by atoms with van der Waals surface area (Å²) in [5, 5.41) is 25.2. The number of carbonyl (C=O) groups excluding carboxylic acids is 1. The van der Waals surface area contributed by atoms with Crippen LogP contribution >= 0.6 is 0 Å². The molecule has 1 aromatic heterocycles. The van der Waals surface area contributed by atoms with E-state index < -0.39 is 5.91 Å². The van der Waals surface area contributed by atoms with Gasteiger partial charge in [0.05, 0.1) is 5.69 Å². The monoisotopic (exact) mass is 385 g/mol. The lowest BCUT2D eigenvalue weighted by molar-refractivity contribution is 0.102. The van der Waals surface area contributed by atoms with Crippen LogP contribution in [0, 0.1) is 23.7 Å². The highest BCUT2D eigenvalue weighted by Crippen LogP contribution is 2.23. The van der Waals surface area contributed by atoms with Gasteiger partial charge in [0.25, 0.3) is 5.91 Å². The van der Waals surface area contributed by atoms with Gasteiger partial charge in [-0.3, -0.25) is 10.2 Å². The molecule has 146 valence electrons. The third-order valence-electron chi connectivity index (χ3n) is 4.72. The third-order valence-corrected chi connectivity index (χ3v) is 4.72. The molecule has 0 radical (unpaired) electrons. The fraction of sp³-hybridized carbons (Fsp3) is 0.217. The second-order valence-electron chi connectivity index (χ2n) is 7.84. The molecule has 0 saturated carbocycles. The van der Waals surface area contributed by atoms with Gasteiger partial charge in [0.2, 0.25) is 0 Å². The van der Waals surface area contributed by atoms with Crippen LogP contribution in [0.1, 0.15) is 48.0 Å². The molecule has 0 bridgehead atoms. The average Bonchev–Trinajstić information content (AvgIpc) is 2.68. The van der Waals surface area contributed by atoms with Gasteiger partial charge in [0.1, 0.15) is 11.6 Å². The number of nitriles is 1. The summed E-state index contributed by atoms with van der Waals surface area (Å²) in [4.78, 5) is 12.8. The van der Waals surface area contributed by atoms with Crippen LogP contribution in [-0.2, 0) is 5.41 Å². The number of hydrogen-bond acceptors (Lipinski definition) is 4. The minimum absolute atomic E-state index is 0.00770. The van der Waals surface area contributed by atoms with E-state index in [1.807, 2.05) is 48.5 Å². The van der Waals surface area contributed by atoms with Gasteiger partial charge in [-0.1, -0.05) is 51.1 Å². The summed E-state index contributed by atoms with van der Waals surface area (Å²) < 4.78 is 1.33. The molecular formula is C23H23N5O. The lowest BCUT2D eigenvalue weighted by atomic mass is 9.87. The molecule has 2 aromatic carbocycles. The standard InChI is InChI=1S/C23H23N5O/c1-15-19(14-24)21(25)28(18-12-10-16(11-13-18)23(2,3)4)27-20(15)22(29)26-17-8-6-5-7-9-17/h5-13,25H,1-4H3,(H,26,29). The second kappa shape index (κ2) is 7.72. The van der Waals surface area contributed by atoms with Crippen molar-refractivity contribution < 1.29 is 4.79 Å². The molecule has 3 rings (SSSR count). The van der Waals surface area contributed by atoms with Gasteiger partial charge >= 0.3 is 0 Å². The fourth-order valence-corrected chi connectivity index (χ4v) is 2.98. The number of nitrogens with one attached hydrogen (secondary N) is 2. The molecule has 3 aromatic rings. The molecule has 2 N–H and O–H groups in total. The molecule has 29 heavy (non-hydrogen) atoms. The molecule has 6 heteroatoms. The van der Waals surface area contributed by atoms with Gasteiger partial charge in [0, 0.05) is 11.3 Å².